The lowest BCUT2D eigenvalue weighted by Gasteiger charge is -2.32. The van der Waals surface area contributed by atoms with E-state index >= 15 is 0 Å². The van der Waals surface area contributed by atoms with Crippen LogP contribution in [0.4, 0.5) is 5.69 Å². The maximum atomic E-state index is 11.0. The number of thioether (sulfide) groups is 1. The third-order valence-corrected chi connectivity index (χ3v) is 8.75. The van der Waals surface area contributed by atoms with Gasteiger partial charge in [0, 0.05) is 23.8 Å². The highest BCUT2D eigenvalue weighted by Gasteiger charge is 2.40. The van der Waals surface area contributed by atoms with Gasteiger partial charge in [0.2, 0.25) is 0 Å². The van der Waals surface area contributed by atoms with Gasteiger partial charge in [-0.25, -0.2) is 0 Å². The molecule has 180 valence electrons. The van der Waals surface area contributed by atoms with Gasteiger partial charge in [-0.3, -0.25) is 0 Å². The van der Waals surface area contributed by atoms with Crippen molar-refractivity contribution in [2.75, 3.05) is 11.9 Å². The van der Waals surface area contributed by atoms with Gasteiger partial charge in [-0.05, 0) is 62.1 Å². The maximum absolute atomic E-state index is 11.0. The predicted molar refractivity (Wildman–Crippen MR) is 146 cm³/mol. The molecular weight excluding hydrogens is 438 g/mol. The number of aliphatic hydroxyl groups excluding tert-OH is 2. The molecule has 0 atom stereocenters. The number of fused-ring (bicyclic) bond motifs is 1. The summed E-state index contributed by atoms with van der Waals surface area (Å²) in [4.78, 5) is 4.71. The van der Waals surface area contributed by atoms with Crippen LogP contribution >= 0.6 is 11.8 Å². The monoisotopic (exact) mass is 475 g/mol. The summed E-state index contributed by atoms with van der Waals surface area (Å²) in [5.74, 6) is 0.291. The van der Waals surface area contributed by atoms with E-state index in [1.165, 1.54) is 15.4 Å². The second-order valence-electron chi connectivity index (χ2n) is 12.0. The molecule has 0 bridgehead atoms. The first-order chi connectivity index (χ1) is 15.6. The quantitative estimate of drug-likeness (QED) is 0.450. The fourth-order valence-corrected chi connectivity index (χ4v) is 5.87. The number of hydrogen-bond donors (Lipinski definition) is 2. The summed E-state index contributed by atoms with van der Waals surface area (Å²) in [5, 5.41) is 21.9. The number of aliphatic hydroxyl groups is 2. The van der Waals surface area contributed by atoms with Gasteiger partial charge < -0.3 is 15.1 Å². The summed E-state index contributed by atoms with van der Waals surface area (Å²) in [6.07, 6.45) is 8.18. The lowest BCUT2D eigenvalue weighted by atomic mass is 9.81. The van der Waals surface area contributed by atoms with E-state index in [-0.39, 0.29) is 27.8 Å². The zero-order valence-corrected chi connectivity index (χ0v) is 22.7. The van der Waals surface area contributed by atoms with E-state index in [1.54, 1.807) is 0 Å². The second-order valence-corrected chi connectivity index (χ2v) is 13.1. The van der Waals surface area contributed by atoms with E-state index in [2.05, 4.69) is 90.6 Å². The van der Waals surface area contributed by atoms with Crippen molar-refractivity contribution in [1.29, 1.82) is 0 Å². The highest BCUT2D eigenvalue weighted by atomic mass is 32.2. The molecule has 0 spiro atoms. The number of anilines is 1. The van der Waals surface area contributed by atoms with Crippen LogP contribution in [0.1, 0.15) is 61.0 Å². The van der Waals surface area contributed by atoms with Gasteiger partial charge in [0.25, 0.3) is 0 Å². The van der Waals surface area contributed by atoms with E-state index in [4.69, 9.17) is 0 Å². The lowest BCUT2D eigenvalue weighted by molar-refractivity contribution is 0.354. The minimum atomic E-state index is -0.220. The summed E-state index contributed by atoms with van der Waals surface area (Å²) < 4.78 is 0. The van der Waals surface area contributed by atoms with E-state index in [0.717, 1.165) is 17.0 Å². The Bertz CT molecular complexity index is 1210. The van der Waals surface area contributed by atoms with Crippen LogP contribution in [0.2, 0.25) is 0 Å². The number of para-hydroxylation sites is 1. The van der Waals surface area contributed by atoms with Crippen molar-refractivity contribution in [2.24, 2.45) is 10.8 Å². The number of allylic oxidation sites excluding steroid dienone is 8. The van der Waals surface area contributed by atoms with Crippen molar-refractivity contribution in [2.45, 2.75) is 60.8 Å². The third kappa shape index (κ3) is 4.07. The molecule has 0 fully saturated rings. The summed E-state index contributed by atoms with van der Waals surface area (Å²) in [6.45, 7) is 17.7. The van der Waals surface area contributed by atoms with Gasteiger partial charge in [-0.1, -0.05) is 85.4 Å². The van der Waals surface area contributed by atoms with Gasteiger partial charge in [-0.2, -0.15) is 0 Å². The Labute approximate surface area is 209 Å². The van der Waals surface area contributed by atoms with Crippen LogP contribution in [0.15, 0.2) is 92.3 Å². The van der Waals surface area contributed by atoms with Crippen LogP contribution in [-0.4, -0.2) is 17.3 Å². The molecule has 1 aromatic rings. The highest BCUT2D eigenvalue weighted by molar-refractivity contribution is 8.06. The summed E-state index contributed by atoms with van der Waals surface area (Å²) >= 11 is 1.83. The molecule has 4 rings (SSSR count). The third-order valence-electron chi connectivity index (χ3n) is 6.85. The van der Waals surface area contributed by atoms with Crippen molar-refractivity contribution < 1.29 is 10.2 Å². The average Bonchev–Trinajstić information content (AvgIpc) is 2.94. The summed E-state index contributed by atoms with van der Waals surface area (Å²) in [5.41, 5.74) is 5.27. The van der Waals surface area contributed by atoms with Crippen molar-refractivity contribution in [3.05, 3.63) is 97.9 Å². The molecule has 3 nitrogen and oxygen atoms in total. The molecular formula is C30H37NO2S. The molecule has 2 heterocycles. The minimum absolute atomic E-state index is 0.0195. The van der Waals surface area contributed by atoms with Crippen LogP contribution in [0.5, 0.6) is 0 Å². The number of hydrogen-bond acceptors (Lipinski definition) is 4. The van der Waals surface area contributed by atoms with Crippen molar-refractivity contribution >= 4 is 17.4 Å². The number of benzene rings is 1. The van der Waals surface area contributed by atoms with E-state index < -0.39 is 0 Å². The van der Waals surface area contributed by atoms with Gasteiger partial charge in [0.15, 0.2) is 0 Å². The fraction of sp³-hybridized carbons (Fsp3) is 0.400. The van der Waals surface area contributed by atoms with E-state index in [1.807, 2.05) is 37.0 Å². The first-order valence-corrected chi connectivity index (χ1v) is 12.7. The SMILES string of the molecule is CN1C(=CC2=C(O)C(C=C3C=C(C(C)(C)C)SC(C(C)(C)C)=C3)=C2O)C(C)(C)c2ccccc21. The van der Waals surface area contributed by atoms with Crippen LogP contribution in [0.25, 0.3) is 0 Å². The summed E-state index contributed by atoms with van der Waals surface area (Å²) in [7, 11) is 2.04. The van der Waals surface area contributed by atoms with Gasteiger partial charge in [0.1, 0.15) is 11.5 Å². The molecule has 0 unspecified atom stereocenters. The van der Waals surface area contributed by atoms with Crippen molar-refractivity contribution in [1.82, 2.24) is 0 Å². The molecule has 2 aliphatic heterocycles. The minimum Gasteiger partial charge on any atom is -0.506 e. The molecule has 0 radical (unpaired) electrons. The molecule has 0 aromatic heterocycles. The molecule has 0 amide bonds. The highest BCUT2D eigenvalue weighted by Crippen LogP contribution is 2.50. The second kappa shape index (κ2) is 7.98. The zero-order valence-electron chi connectivity index (χ0n) is 21.9. The first-order valence-electron chi connectivity index (χ1n) is 11.9. The van der Waals surface area contributed by atoms with Crippen molar-refractivity contribution in [3.63, 3.8) is 0 Å². The smallest absolute Gasteiger partial charge is 0.137 e. The Hall–Kier alpha value is -2.59. The fourth-order valence-electron chi connectivity index (χ4n) is 4.63. The molecule has 0 saturated heterocycles. The Kier molecular flexibility index (Phi) is 5.76. The van der Waals surface area contributed by atoms with Gasteiger partial charge in [0.05, 0.1) is 11.1 Å². The van der Waals surface area contributed by atoms with Gasteiger partial charge >= 0.3 is 0 Å². The van der Waals surface area contributed by atoms with Crippen LogP contribution in [-0.2, 0) is 5.41 Å². The molecule has 3 aliphatic rings. The number of nitrogens with zero attached hydrogens (tertiary/aromatic N) is 1. The molecule has 2 N–H and O–H groups in total. The molecule has 0 saturated carbocycles. The summed E-state index contributed by atoms with van der Waals surface area (Å²) in [6, 6.07) is 8.35. The lowest BCUT2D eigenvalue weighted by Crippen LogP contribution is -2.24. The Morgan fingerprint density at radius 3 is 1.82 bits per heavy atom. The average molecular weight is 476 g/mol. The Morgan fingerprint density at radius 1 is 0.824 bits per heavy atom. The predicted octanol–water partition coefficient (Wildman–Crippen LogP) is 8.47. The van der Waals surface area contributed by atoms with Crippen LogP contribution in [0, 0.1) is 10.8 Å². The van der Waals surface area contributed by atoms with Crippen LogP contribution in [0.3, 0.4) is 0 Å². The zero-order chi connectivity index (χ0) is 25.2. The normalized spacial score (nSPS) is 21.5. The Balaban J connectivity index is 1.71. The van der Waals surface area contributed by atoms with Gasteiger partial charge in [-0.15, -0.1) is 0 Å². The first kappa shape index (κ1) is 24.5. The van der Waals surface area contributed by atoms with E-state index in [0.29, 0.717) is 11.1 Å². The maximum Gasteiger partial charge on any atom is 0.137 e. The number of rotatable bonds is 2. The van der Waals surface area contributed by atoms with Crippen LogP contribution < -0.4 is 4.90 Å². The Morgan fingerprint density at radius 2 is 1.32 bits per heavy atom. The molecule has 34 heavy (non-hydrogen) atoms. The number of likely N-dealkylation sites (N-methyl/N-ethyl adjacent to an activating group) is 1. The molecule has 1 aliphatic carbocycles. The van der Waals surface area contributed by atoms with E-state index in [9.17, 15) is 10.2 Å². The largest absolute Gasteiger partial charge is 0.506 e. The standard InChI is InChI=1S/C30H37NO2S/c1-28(2,3)24-15-18(16-25(34-24)29(4,5)6)14-19-26(32)20(27(19)33)17-23-30(7,8)21-12-10-11-13-22(21)31(23)9/h10-17,32-33H,1-9H3. The topological polar surface area (TPSA) is 43.7 Å². The van der Waals surface area contributed by atoms with Crippen molar-refractivity contribution in [3.8, 4) is 0 Å². The molecule has 1 aromatic carbocycles. The molecule has 4 heteroatoms.